The van der Waals surface area contributed by atoms with E-state index in [1.807, 2.05) is 32.0 Å². The van der Waals surface area contributed by atoms with Crippen LogP contribution in [0.3, 0.4) is 0 Å². The van der Waals surface area contributed by atoms with Crippen LogP contribution in [0.2, 0.25) is 5.02 Å². The number of halogens is 1. The Kier molecular flexibility index (Phi) is 13.5. The molecule has 0 spiro atoms. The third-order valence-corrected chi connectivity index (χ3v) is 11.7. The Bertz CT molecular complexity index is 1520. The fraction of sp³-hybridized carbons (Fsp3) is 0.615. The number of hydrogen-bond donors (Lipinski definition) is 2. The summed E-state index contributed by atoms with van der Waals surface area (Å²) in [6.45, 7) is 13.7. The number of aryl methyl sites for hydroxylation is 1. The fourth-order valence-electron chi connectivity index (χ4n) is 7.27. The second kappa shape index (κ2) is 17.5. The second-order valence-corrected chi connectivity index (χ2v) is 16.3. The van der Waals surface area contributed by atoms with Crippen molar-refractivity contribution in [1.29, 1.82) is 0 Å². The van der Waals surface area contributed by atoms with Crippen molar-refractivity contribution >= 4 is 34.2 Å². The van der Waals surface area contributed by atoms with E-state index in [1.54, 1.807) is 6.07 Å². The highest BCUT2D eigenvalue weighted by Gasteiger charge is 2.46. The number of rotatable bonds is 13. The molecule has 49 heavy (non-hydrogen) atoms. The maximum atomic E-state index is 13.2. The zero-order valence-corrected chi connectivity index (χ0v) is 31.2. The molecule has 0 bridgehead atoms. The third-order valence-electron chi connectivity index (χ3n) is 10.2. The van der Waals surface area contributed by atoms with Gasteiger partial charge in [0, 0.05) is 53.9 Å². The molecular formula is C39H54ClN3O5S. The van der Waals surface area contributed by atoms with Crippen molar-refractivity contribution in [1.82, 2.24) is 9.62 Å². The number of benzene rings is 2. The molecule has 5 unspecified atom stereocenters. The van der Waals surface area contributed by atoms with Gasteiger partial charge in [0.2, 0.25) is 0 Å². The molecule has 5 rings (SSSR count). The zero-order valence-electron chi connectivity index (χ0n) is 29.6. The molecule has 2 aromatic carbocycles. The number of amides is 1. The summed E-state index contributed by atoms with van der Waals surface area (Å²) in [7, 11) is -1.48. The van der Waals surface area contributed by atoms with Gasteiger partial charge in [-0.05, 0) is 93.3 Å². The van der Waals surface area contributed by atoms with Crippen LogP contribution in [0.5, 0.6) is 5.75 Å². The molecule has 1 amide bonds. The topological polar surface area (TPSA) is 91.3 Å². The summed E-state index contributed by atoms with van der Waals surface area (Å²) >= 11 is 6.45. The Morgan fingerprint density at radius 3 is 2.63 bits per heavy atom. The number of aliphatic hydroxyl groups is 1. The molecule has 2 heterocycles. The number of carbonyl (C=O) groups is 1. The number of nitrogens with one attached hydrogen (secondary N) is 1. The number of anilines is 1. The molecule has 0 aromatic heterocycles. The number of fused-ring (bicyclic) bond motifs is 1. The van der Waals surface area contributed by atoms with Gasteiger partial charge in [0.1, 0.15) is 22.3 Å². The normalized spacial score (nSPS) is 22.8. The zero-order chi connectivity index (χ0) is 35.0. The number of ether oxygens (including phenoxy) is 2. The van der Waals surface area contributed by atoms with Crippen LogP contribution in [0.25, 0.3) is 0 Å². The summed E-state index contributed by atoms with van der Waals surface area (Å²) in [5.74, 6) is 7.42. The van der Waals surface area contributed by atoms with Gasteiger partial charge in [-0.25, -0.2) is 4.21 Å². The lowest BCUT2D eigenvalue weighted by atomic mass is 9.63. The Hall–Kier alpha value is -2.61. The van der Waals surface area contributed by atoms with E-state index in [4.69, 9.17) is 21.1 Å². The molecule has 1 aliphatic carbocycles. The van der Waals surface area contributed by atoms with Gasteiger partial charge in [0.25, 0.3) is 5.91 Å². The van der Waals surface area contributed by atoms with E-state index < -0.39 is 16.6 Å². The first kappa shape index (κ1) is 37.6. The maximum absolute atomic E-state index is 13.2. The molecule has 1 saturated heterocycles. The summed E-state index contributed by atoms with van der Waals surface area (Å²) in [5.41, 5.74) is 2.70. The van der Waals surface area contributed by atoms with Crippen LogP contribution in [-0.2, 0) is 22.1 Å². The second-order valence-electron chi connectivity index (χ2n) is 14.1. The minimum atomic E-state index is -1.48. The molecule has 2 fully saturated rings. The first-order chi connectivity index (χ1) is 23.6. The average molecular weight is 712 g/mol. The minimum absolute atomic E-state index is 0.0495. The average Bonchev–Trinajstić information content (AvgIpc) is 3.25. The molecule has 3 aliphatic rings. The Balaban J connectivity index is 1.44. The van der Waals surface area contributed by atoms with Crippen LogP contribution < -0.4 is 14.4 Å². The summed E-state index contributed by atoms with van der Waals surface area (Å²) < 4.78 is 27.1. The molecule has 268 valence electrons. The van der Waals surface area contributed by atoms with Gasteiger partial charge in [-0.1, -0.05) is 56.2 Å². The predicted molar refractivity (Wildman–Crippen MR) is 199 cm³/mol. The number of carbonyl (C=O) groups excluding carboxylic acids is 1. The number of morpholine rings is 1. The molecule has 1 saturated carbocycles. The molecule has 2 aliphatic heterocycles. The van der Waals surface area contributed by atoms with Gasteiger partial charge < -0.3 is 19.5 Å². The molecule has 5 atom stereocenters. The van der Waals surface area contributed by atoms with E-state index in [0.29, 0.717) is 38.2 Å². The van der Waals surface area contributed by atoms with Crippen LogP contribution in [-0.4, -0.2) is 83.5 Å². The SMILES string of the molecule is CCCCC(O)(C#CCN1CCOCC1)C1CCC1CN1CC(c2ccc(Cl)cc2CCC)COc2ccc(C(=O)NS(=O)C(C)C)cc21. The van der Waals surface area contributed by atoms with Gasteiger partial charge in [-0.3, -0.25) is 14.4 Å². The van der Waals surface area contributed by atoms with Crippen molar-refractivity contribution in [2.24, 2.45) is 11.8 Å². The van der Waals surface area contributed by atoms with E-state index in [9.17, 15) is 14.1 Å². The van der Waals surface area contributed by atoms with Crippen molar-refractivity contribution in [3.63, 3.8) is 0 Å². The first-order valence-electron chi connectivity index (χ1n) is 18.2. The van der Waals surface area contributed by atoms with Gasteiger partial charge in [-0.2, -0.15) is 0 Å². The van der Waals surface area contributed by atoms with Crippen LogP contribution in [0.4, 0.5) is 5.69 Å². The largest absolute Gasteiger partial charge is 0.491 e. The van der Waals surface area contributed by atoms with E-state index in [0.717, 1.165) is 81.3 Å². The predicted octanol–water partition coefficient (Wildman–Crippen LogP) is 6.36. The van der Waals surface area contributed by atoms with Crippen LogP contribution in [0, 0.1) is 23.7 Å². The lowest BCUT2D eigenvalue weighted by Gasteiger charge is -2.47. The highest BCUT2D eigenvalue weighted by molar-refractivity contribution is 7.84. The number of hydrogen-bond acceptors (Lipinski definition) is 7. The fourth-order valence-corrected chi connectivity index (χ4v) is 8.00. The molecule has 2 aromatic rings. The van der Waals surface area contributed by atoms with Gasteiger partial charge >= 0.3 is 0 Å². The summed E-state index contributed by atoms with van der Waals surface area (Å²) in [6.07, 6.45) is 6.43. The van der Waals surface area contributed by atoms with E-state index in [1.165, 1.54) is 11.1 Å². The third kappa shape index (κ3) is 9.59. The highest BCUT2D eigenvalue weighted by atomic mass is 35.5. The van der Waals surface area contributed by atoms with Crippen molar-refractivity contribution in [3.05, 3.63) is 58.1 Å². The van der Waals surface area contributed by atoms with E-state index in [2.05, 4.69) is 52.3 Å². The van der Waals surface area contributed by atoms with Crippen LogP contribution >= 0.6 is 11.6 Å². The summed E-state index contributed by atoms with van der Waals surface area (Å²) in [4.78, 5) is 17.9. The number of unbranched alkanes of at least 4 members (excludes halogenated alkanes) is 1. The smallest absolute Gasteiger partial charge is 0.263 e. The lowest BCUT2D eigenvalue weighted by Crippen LogP contribution is -2.50. The maximum Gasteiger partial charge on any atom is 0.263 e. The summed E-state index contributed by atoms with van der Waals surface area (Å²) in [5, 5.41) is 12.7. The monoisotopic (exact) mass is 711 g/mol. The van der Waals surface area contributed by atoms with Crippen LogP contribution in [0.1, 0.15) is 93.6 Å². The van der Waals surface area contributed by atoms with Gasteiger partial charge in [-0.15, -0.1) is 0 Å². The molecule has 0 radical (unpaired) electrons. The highest BCUT2D eigenvalue weighted by Crippen LogP contribution is 2.46. The standard InChI is InChI=1S/C39H54ClN3O5S/c1-5-7-16-39(45,17-8-18-42-19-21-47-22-20-42)35-14-10-31(35)25-43-26-32(34-13-12-33(40)23-29(34)9-6-2)27-48-37-15-11-30(24-36(37)43)38(44)41-49(46)28(3)4/h11-13,15,23-24,28,31-32,35,45H,5-7,9-10,14,16,18-22,25-27H2,1-4H3,(H,41,44). The van der Waals surface area contributed by atoms with Crippen molar-refractivity contribution in [2.45, 2.75) is 89.4 Å². The molecular weight excluding hydrogens is 658 g/mol. The van der Waals surface area contributed by atoms with Gasteiger partial charge in [0.15, 0.2) is 0 Å². The number of nitrogens with zero attached hydrogens (tertiary/aromatic N) is 2. The first-order valence-corrected chi connectivity index (χ1v) is 19.7. The molecule has 2 N–H and O–H groups in total. The molecule has 8 nitrogen and oxygen atoms in total. The van der Waals surface area contributed by atoms with Crippen LogP contribution in [0.15, 0.2) is 36.4 Å². The van der Waals surface area contributed by atoms with Crippen molar-refractivity contribution < 1.29 is 23.6 Å². The molecule has 10 heteroatoms. The quantitative estimate of drug-likeness (QED) is 0.234. The van der Waals surface area contributed by atoms with E-state index >= 15 is 0 Å². The Morgan fingerprint density at radius 1 is 1.14 bits per heavy atom. The van der Waals surface area contributed by atoms with Gasteiger partial charge in [0.05, 0.1) is 32.1 Å². The van der Waals surface area contributed by atoms with Crippen molar-refractivity contribution in [2.75, 3.05) is 57.4 Å². The lowest BCUT2D eigenvalue weighted by molar-refractivity contribution is -0.0441. The summed E-state index contributed by atoms with van der Waals surface area (Å²) in [6, 6.07) is 11.6. The minimum Gasteiger partial charge on any atom is -0.491 e. The van der Waals surface area contributed by atoms with E-state index in [-0.39, 0.29) is 28.9 Å². The van der Waals surface area contributed by atoms with Crippen molar-refractivity contribution in [3.8, 4) is 17.6 Å². The Morgan fingerprint density at radius 2 is 1.94 bits per heavy atom. The Labute approximate surface area is 300 Å².